The van der Waals surface area contributed by atoms with Crippen molar-refractivity contribution in [1.82, 2.24) is 15.5 Å². The van der Waals surface area contributed by atoms with E-state index in [1.54, 1.807) is 19.1 Å². The fourth-order valence-electron chi connectivity index (χ4n) is 1.70. The van der Waals surface area contributed by atoms with E-state index >= 15 is 0 Å². The molecular formula is C13H16N4O2. The molecule has 0 atom stereocenters. The van der Waals surface area contributed by atoms with Gasteiger partial charge in [0, 0.05) is 12.6 Å². The van der Waals surface area contributed by atoms with Gasteiger partial charge in [0.1, 0.15) is 0 Å². The third-order valence-corrected chi connectivity index (χ3v) is 2.78. The van der Waals surface area contributed by atoms with Gasteiger partial charge in [0.05, 0.1) is 5.54 Å². The number of benzene rings is 1. The van der Waals surface area contributed by atoms with Gasteiger partial charge in [-0.15, -0.1) is 10.2 Å². The minimum Gasteiger partial charge on any atom is -0.417 e. The zero-order chi connectivity index (χ0) is 14.0. The van der Waals surface area contributed by atoms with Crippen LogP contribution in [-0.4, -0.2) is 16.1 Å². The number of amides is 1. The van der Waals surface area contributed by atoms with Gasteiger partial charge in [0.15, 0.2) is 0 Å². The molecule has 6 nitrogen and oxygen atoms in total. The molecule has 2 aromatic rings. The second-order valence-corrected chi connectivity index (χ2v) is 4.83. The molecule has 2 rings (SSSR count). The lowest BCUT2D eigenvalue weighted by Crippen LogP contribution is -2.41. The summed E-state index contributed by atoms with van der Waals surface area (Å²) in [5, 5.41) is 10.2. The summed E-state index contributed by atoms with van der Waals surface area (Å²) in [6.07, 6.45) is 0. The molecule has 6 heteroatoms. The fourth-order valence-corrected chi connectivity index (χ4v) is 1.70. The van der Waals surface area contributed by atoms with E-state index < -0.39 is 11.4 Å². The predicted octanol–water partition coefficient (Wildman–Crippen LogP) is 1.63. The Morgan fingerprint density at radius 1 is 1.26 bits per heavy atom. The molecule has 0 fully saturated rings. The van der Waals surface area contributed by atoms with E-state index in [0.29, 0.717) is 11.6 Å². The number of aryl methyl sites for hydroxylation is 1. The lowest BCUT2D eigenvalue weighted by molar-refractivity contribution is 0.0875. The number of nitrogens with one attached hydrogen (secondary N) is 1. The Morgan fingerprint density at radius 3 is 2.42 bits per heavy atom. The molecule has 3 N–H and O–H groups in total. The van der Waals surface area contributed by atoms with Crippen LogP contribution in [0.1, 0.15) is 36.0 Å². The normalized spacial score (nSPS) is 11.3. The van der Waals surface area contributed by atoms with Crippen molar-refractivity contribution in [3.63, 3.8) is 0 Å². The molecule has 1 aromatic carbocycles. The minimum absolute atomic E-state index is 0.0407. The molecule has 0 radical (unpaired) electrons. The number of nitrogens with zero attached hydrogens (tertiary/aromatic N) is 2. The largest absolute Gasteiger partial charge is 0.417 e. The van der Waals surface area contributed by atoms with Crippen molar-refractivity contribution in [1.29, 1.82) is 0 Å². The molecule has 0 bridgehead atoms. The molecule has 0 aliphatic rings. The molecule has 1 heterocycles. The first-order valence-corrected chi connectivity index (χ1v) is 5.87. The molecule has 0 aliphatic carbocycles. The van der Waals surface area contributed by atoms with E-state index in [-0.39, 0.29) is 5.89 Å². The van der Waals surface area contributed by atoms with E-state index in [1.807, 2.05) is 26.0 Å². The van der Waals surface area contributed by atoms with Crippen molar-refractivity contribution >= 4 is 11.6 Å². The van der Waals surface area contributed by atoms with Gasteiger partial charge < -0.3 is 15.5 Å². The number of hydrogen-bond acceptors (Lipinski definition) is 5. The molecule has 1 aromatic heterocycles. The summed E-state index contributed by atoms with van der Waals surface area (Å²) in [5.41, 5.74) is 6.70. The topological polar surface area (TPSA) is 94.0 Å². The van der Waals surface area contributed by atoms with Crippen molar-refractivity contribution in [3.8, 4) is 0 Å². The van der Waals surface area contributed by atoms with Gasteiger partial charge in [0.2, 0.25) is 5.89 Å². The van der Waals surface area contributed by atoms with Crippen LogP contribution in [0.15, 0.2) is 28.7 Å². The first-order valence-electron chi connectivity index (χ1n) is 5.87. The van der Waals surface area contributed by atoms with Gasteiger partial charge in [-0.25, -0.2) is 0 Å². The molecule has 19 heavy (non-hydrogen) atoms. The van der Waals surface area contributed by atoms with Crippen LogP contribution in [-0.2, 0) is 5.54 Å². The lowest BCUT2D eigenvalue weighted by atomic mass is 9.94. The van der Waals surface area contributed by atoms with Crippen LogP contribution in [0.3, 0.4) is 0 Å². The maximum absolute atomic E-state index is 12.0. The van der Waals surface area contributed by atoms with Crippen molar-refractivity contribution in [2.24, 2.45) is 0 Å². The molecular weight excluding hydrogens is 244 g/mol. The maximum atomic E-state index is 12.0. The number of aromatic nitrogens is 2. The van der Waals surface area contributed by atoms with E-state index in [9.17, 15) is 4.79 Å². The quantitative estimate of drug-likeness (QED) is 0.818. The average Bonchev–Trinajstić information content (AvgIpc) is 2.76. The number of nitrogen functional groups attached to an aromatic ring is 1. The number of rotatable bonds is 3. The highest BCUT2D eigenvalue weighted by molar-refractivity contribution is 5.90. The van der Waals surface area contributed by atoms with E-state index in [1.165, 1.54) is 0 Å². The zero-order valence-corrected chi connectivity index (χ0v) is 11.1. The van der Waals surface area contributed by atoms with Crippen LogP contribution in [0.5, 0.6) is 0 Å². The second kappa shape index (κ2) is 4.72. The maximum Gasteiger partial charge on any atom is 0.309 e. The molecule has 1 amide bonds. The van der Waals surface area contributed by atoms with Crippen molar-refractivity contribution in [2.45, 2.75) is 26.3 Å². The molecule has 0 aliphatic heterocycles. The van der Waals surface area contributed by atoms with Crippen LogP contribution >= 0.6 is 0 Å². The van der Waals surface area contributed by atoms with E-state index in [2.05, 4.69) is 15.5 Å². The zero-order valence-electron chi connectivity index (χ0n) is 11.1. The molecule has 0 spiro atoms. The van der Waals surface area contributed by atoms with Gasteiger partial charge in [-0.1, -0.05) is 12.1 Å². The Kier molecular flexibility index (Phi) is 3.25. The third kappa shape index (κ3) is 2.90. The van der Waals surface area contributed by atoms with Crippen LogP contribution in [0.25, 0.3) is 0 Å². The Balaban J connectivity index is 2.17. The first-order chi connectivity index (χ1) is 8.88. The Labute approximate surface area is 111 Å². The Morgan fingerprint density at radius 2 is 1.89 bits per heavy atom. The minimum atomic E-state index is -0.562. The summed E-state index contributed by atoms with van der Waals surface area (Å²) in [6.45, 7) is 5.41. The monoisotopic (exact) mass is 260 g/mol. The fraction of sp³-hybridized carbons (Fsp3) is 0.308. The number of carbonyl (C=O) groups is 1. The van der Waals surface area contributed by atoms with Gasteiger partial charge in [0.25, 0.3) is 0 Å². The summed E-state index contributed by atoms with van der Waals surface area (Å²) in [6, 6.07) is 7.32. The summed E-state index contributed by atoms with van der Waals surface area (Å²) >= 11 is 0. The SMILES string of the molecule is Cc1nnc(C(=O)NC(C)(C)c2ccc(N)cc2)o1. The molecule has 0 saturated carbocycles. The molecule has 0 unspecified atom stereocenters. The smallest absolute Gasteiger partial charge is 0.309 e. The highest BCUT2D eigenvalue weighted by Crippen LogP contribution is 2.21. The summed E-state index contributed by atoms with van der Waals surface area (Å²) in [5.74, 6) is -0.0844. The predicted molar refractivity (Wildman–Crippen MR) is 70.4 cm³/mol. The first kappa shape index (κ1) is 13.1. The van der Waals surface area contributed by atoms with Gasteiger partial charge in [-0.05, 0) is 31.5 Å². The summed E-state index contributed by atoms with van der Waals surface area (Å²) in [7, 11) is 0. The van der Waals surface area contributed by atoms with Gasteiger partial charge in [-0.2, -0.15) is 0 Å². The molecule has 100 valence electrons. The number of anilines is 1. The standard InChI is InChI=1S/C13H16N4O2/c1-8-16-17-12(19-8)11(18)15-13(2,3)9-4-6-10(14)7-5-9/h4-7H,14H2,1-3H3,(H,15,18). The van der Waals surface area contributed by atoms with E-state index in [0.717, 1.165) is 5.56 Å². The van der Waals surface area contributed by atoms with E-state index in [4.69, 9.17) is 10.2 Å². The highest BCUT2D eigenvalue weighted by atomic mass is 16.4. The number of nitrogens with two attached hydrogens (primary N) is 1. The van der Waals surface area contributed by atoms with Gasteiger partial charge in [-0.3, -0.25) is 4.79 Å². The van der Waals surface area contributed by atoms with Crippen molar-refractivity contribution in [3.05, 3.63) is 41.6 Å². The Bertz CT molecular complexity index is 587. The Hall–Kier alpha value is -2.37. The average molecular weight is 260 g/mol. The van der Waals surface area contributed by atoms with Crippen LogP contribution in [0.2, 0.25) is 0 Å². The summed E-state index contributed by atoms with van der Waals surface area (Å²) in [4.78, 5) is 12.0. The van der Waals surface area contributed by atoms with Crippen LogP contribution in [0.4, 0.5) is 5.69 Å². The second-order valence-electron chi connectivity index (χ2n) is 4.83. The van der Waals surface area contributed by atoms with Gasteiger partial charge >= 0.3 is 11.8 Å². The van der Waals surface area contributed by atoms with Crippen molar-refractivity contribution < 1.29 is 9.21 Å². The van der Waals surface area contributed by atoms with Crippen LogP contribution < -0.4 is 11.1 Å². The molecule has 0 saturated heterocycles. The number of hydrogen-bond donors (Lipinski definition) is 2. The highest BCUT2D eigenvalue weighted by Gasteiger charge is 2.25. The summed E-state index contributed by atoms with van der Waals surface area (Å²) < 4.78 is 5.09. The van der Waals surface area contributed by atoms with Crippen LogP contribution in [0, 0.1) is 6.92 Å². The number of carbonyl (C=O) groups excluding carboxylic acids is 1. The lowest BCUT2D eigenvalue weighted by Gasteiger charge is -2.26. The van der Waals surface area contributed by atoms with Crippen molar-refractivity contribution in [2.75, 3.05) is 5.73 Å². The third-order valence-electron chi connectivity index (χ3n) is 2.78.